The number of unbranched alkanes of at least 4 members (excludes halogenated alkanes) is 1. The molecule has 0 aliphatic heterocycles. The highest BCUT2D eigenvalue weighted by Crippen LogP contribution is 2.33. The van der Waals surface area contributed by atoms with E-state index < -0.39 is 15.1 Å². The molecule has 2 aliphatic carbocycles. The van der Waals surface area contributed by atoms with E-state index in [1.54, 1.807) is 6.07 Å². The van der Waals surface area contributed by atoms with Crippen LogP contribution < -0.4 is 0 Å². The minimum atomic E-state index is -3.56. The Kier molecular flexibility index (Phi) is 7.71. The van der Waals surface area contributed by atoms with E-state index in [0.29, 0.717) is 29.5 Å². The lowest BCUT2D eigenvalue weighted by Crippen LogP contribution is -2.24. The van der Waals surface area contributed by atoms with Gasteiger partial charge in [-0.2, -0.15) is 0 Å². The third kappa shape index (κ3) is 4.91. The predicted molar refractivity (Wildman–Crippen MR) is 135 cm³/mol. The highest BCUT2D eigenvalue weighted by Gasteiger charge is 2.33. The lowest BCUT2D eigenvalue weighted by Gasteiger charge is -2.22. The molecule has 0 spiro atoms. The molecule has 2 aromatic rings. The molecule has 0 aromatic heterocycles. The maximum atomic E-state index is 13.3. The van der Waals surface area contributed by atoms with Gasteiger partial charge in [0.15, 0.2) is 21.4 Å². The summed E-state index contributed by atoms with van der Waals surface area (Å²) in [5.74, 6) is 0.306. The molecule has 0 saturated heterocycles. The molecule has 182 valence electrons. The molecule has 1 saturated carbocycles. The largest absolute Gasteiger partial charge is 0.289 e. The van der Waals surface area contributed by atoms with E-state index in [9.17, 15) is 18.0 Å². The van der Waals surface area contributed by atoms with E-state index in [1.165, 1.54) is 50.3 Å². The van der Waals surface area contributed by atoms with Crippen LogP contribution in [0, 0.1) is 5.92 Å². The van der Waals surface area contributed by atoms with Gasteiger partial charge in [-0.05, 0) is 61.4 Å². The normalized spacial score (nSPS) is 17.4. The van der Waals surface area contributed by atoms with Gasteiger partial charge in [0.1, 0.15) is 0 Å². The summed E-state index contributed by atoms with van der Waals surface area (Å²) >= 11 is 0. The fourth-order valence-electron chi connectivity index (χ4n) is 5.56. The molecule has 1 unspecified atom stereocenters. The number of ketones is 2. The molecule has 0 bridgehead atoms. The van der Waals surface area contributed by atoms with Crippen LogP contribution in [0.3, 0.4) is 0 Å². The Labute approximate surface area is 204 Å². The Bertz CT molecular complexity index is 1170. The molecule has 0 radical (unpaired) electrons. The van der Waals surface area contributed by atoms with Crippen molar-refractivity contribution in [3.8, 4) is 0 Å². The first-order valence-electron chi connectivity index (χ1n) is 13.0. The van der Waals surface area contributed by atoms with Crippen LogP contribution in [0.2, 0.25) is 0 Å². The van der Waals surface area contributed by atoms with Gasteiger partial charge in [-0.25, -0.2) is 8.42 Å². The lowest BCUT2D eigenvalue weighted by atomic mass is 9.82. The Morgan fingerprint density at radius 1 is 0.853 bits per heavy atom. The average molecular weight is 481 g/mol. The Hall–Kier alpha value is -2.27. The number of aryl methyl sites for hydroxylation is 1. The van der Waals surface area contributed by atoms with E-state index in [4.69, 9.17) is 0 Å². The first-order chi connectivity index (χ1) is 16.4. The Morgan fingerprint density at radius 2 is 1.50 bits per heavy atom. The van der Waals surface area contributed by atoms with Crippen LogP contribution in [-0.2, 0) is 16.3 Å². The van der Waals surface area contributed by atoms with Crippen molar-refractivity contribution in [2.24, 2.45) is 5.92 Å². The second kappa shape index (κ2) is 10.6. The van der Waals surface area contributed by atoms with Crippen molar-refractivity contribution in [1.29, 1.82) is 0 Å². The number of sulfone groups is 1. The topological polar surface area (TPSA) is 68.3 Å². The molecular weight excluding hydrogens is 444 g/mol. The number of hydrogen-bond acceptors (Lipinski definition) is 4. The molecule has 0 amide bonds. The maximum Gasteiger partial charge on any atom is 0.194 e. The van der Waals surface area contributed by atoms with E-state index in [-0.39, 0.29) is 22.0 Å². The SMILES string of the molecule is CCCCC(CC)S(=O)(=O)c1ccc2c(c1)C(=O)c1ccc(CCC3CCCCC3)cc1C2=O. The third-order valence-electron chi connectivity index (χ3n) is 7.72. The van der Waals surface area contributed by atoms with Crippen molar-refractivity contribution in [1.82, 2.24) is 0 Å². The van der Waals surface area contributed by atoms with Crippen LogP contribution in [0.4, 0.5) is 0 Å². The number of rotatable bonds is 9. The molecule has 0 N–H and O–H groups in total. The van der Waals surface area contributed by atoms with Gasteiger partial charge in [0.05, 0.1) is 10.1 Å². The number of fused-ring (bicyclic) bond motifs is 2. The quantitative estimate of drug-likeness (QED) is 0.341. The van der Waals surface area contributed by atoms with Gasteiger partial charge in [0.2, 0.25) is 0 Å². The summed E-state index contributed by atoms with van der Waals surface area (Å²) in [5.41, 5.74) is 2.44. The summed E-state index contributed by atoms with van der Waals surface area (Å²) < 4.78 is 26.5. The van der Waals surface area contributed by atoms with E-state index in [1.807, 2.05) is 26.0 Å². The average Bonchev–Trinajstić information content (AvgIpc) is 2.86. The number of carbonyl (C=O) groups is 2. The molecule has 34 heavy (non-hydrogen) atoms. The van der Waals surface area contributed by atoms with Gasteiger partial charge in [-0.15, -0.1) is 0 Å². The molecule has 2 aromatic carbocycles. The fraction of sp³-hybridized carbons (Fsp3) is 0.517. The van der Waals surface area contributed by atoms with Gasteiger partial charge in [-0.1, -0.05) is 70.9 Å². The maximum absolute atomic E-state index is 13.3. The van der Waals surface area contributed by atoms with Crippen LogP contribution in [0.5, 0.6) is 0 Å². The predicted octanol–water partition coefficient (Wildman–Crippen LogP) is 6.72. The number of hydrogen-bond donors (Lipinski definition) is 0. The highest BCUT2D eigenvalue weighted by atomic mass is 32.2. The minimum Gasteiger partial charge on any atom is -0.289 e. The molecule has 4 rings (SSSR count). The number of benzene rings is 2. The monoisotopic (exact) mass is 480 g/mol. The molecule has 4 nitrogen and oxygen atoms in total. The zero-order valence-corrected chi connectivity index (χ0v) is 21.3. The summed E-state index contributed by atoms with van der Waals surface area (Å²) in [7, 11) is -3.56. The van der Waals surface area contributed by atoms with E-state index in [0.717, 1.165) is 37.2 Å². The minimum absolute atomic E-state index is 0.142. The first kappa shape index (κ1) is 24.8. The van der Waals surface area contributed by atoms with Crippen molar-refractivity contribution in [3.05, 3.63) is 64.2 Å². The van der Waals surface area contributed by atoms with Crippen LogP contribution in [0.25, 0.3) is 0 Å². The molecule has 1 atom stereocenters. The van der Waals surface area contributed by atoms with Crippen molar-refractivity contribution in [3.63, 3.8) is 0 Å². The second-order valence-corrected chi connectivity index (χ2v) is 12.2. The smallest absolute Gasteiger partial charge is 0.194 e. The summed E-state index contributed by atoms with van der Waals surface area (Å²) in [6, 6.07) is 10.1. The molecular formula is C29H36O4S. The van der Waals surface area contributed by atoms with Crippen LogP contribution in [0.15, 0.2) is 41.3 Å². The number of carbonyl (C=O) groups excluding carboxylic acids is 2. The van der Waals surface area contributed by atoms with Crippen LogP contribution in [-0.4, -0.2) is 25.2 Å². The third-order valence-corrected chi connectivity index (χ3v) is 10.1. The van der Waals surface area contributed by atoms with Crippen molar-refractivity contribution >= 4 is 21.4 Å². The van der Waals surface area contributed by atoms with Gasteiger partial charge in [0, 0.05) is 22.3 Å². The molecule has 0 heterocycles. The van der Waals surface area contributed by atoms with Crippen molar-refractivity contribution in [2.45, 2.75) is 94.6 Å². The lowest BCUT2D eigenvalue weighted by molar-refractivity contribution is 0.0979. The van der Waals surface area contributed by atoms with E-state index >= 15 is 0 Å². The molecule has 2 aliphatic rings. The standard InChI is InChI=1S/C29H36O4S/c1-3-5-11-22(4-2)34(32,33)23-15-17-25-27(19-23)29(31)24-16-14-21(18-26(24)28(25)30)13-12-20-9-7-6-8-10-20/h14-20,22H,3-13H2,1-2H3. The van der Waals surface area contributed by atoms with Crippen LogP contribution >= 0.6 is 0 Å². The summed E-state index contributed by atoms with van der Waals surface area (Å²) in [6.45, 7) is 3.93. The zero-order valence-electron chi connectivity index (χ0n) is 20.4. The highest BCUT2D eigenvalue weighted by molar-refractivity contribution is 7.92. The van der Waals surface area contributed by atoms with Gasteiger partial charge >= 0.3 is 0 Å². The summed E-state index contributed by atoms with van der Waals surface area (Å²) in [6.07, 6.45) is 11.5. The summed E-state index contributed by atoms with van der Waals surface area (Å²) in [5, 5.41) is -0.473. The first-order valence-corrected chi connectivity index (χ1v) is 14.5. The fourth-order valence-corrected chi connectivity index (χ4v) is 7.40. The van der Waals surface area contributed by atoms with Crippen molar-refractivity contribution < 1.29 is 18.0 Å². The van der Waals surface area contributed by atoms with Crippen molar-refractivity contribution in [2.75, 3.05) is 0 Å². The zero-order chi connectivity index (χ0) is 24.3. The second-order valence-electron chi connectivity index (χ2n) is 10.0. The van der Waals surface area contributed by atoms with Gasteiger partial charge in [0.25, 0.3) is 0 Å². The molecule has 1 fully saturated rings. The Balaban J connectivity index is 1.59. The van der Waals surface area contributed by atoms with Crippen LogP contribution in [0.1, 0.15) is 115 Å². The van der Waals surface area contributed by atoms with Gasteiger partial charge in [-0.3, -0.25) is 9.59 Å². The van der Waals surface area contributed by atoms with Gasteiger partial charge < -0.3 is 0 Å². The van der Waals surface area contributed by atoms with E-state index in [2.05, 4.69) is 0 Å². The Morgan fingerprint density at radius 3 is 2.15 bits per heavy atom. The summed E-state index contributed by atoms with van der Waals surface area (Å²) in [4.78, 5) is 26.8. The molecule has 5 heteroatoms.